The van der Waals surface area contributed by atoms with E-state index in [9.17, 15) is 21.6 Å². The molecule has 0 atom stereocenters. The Labute approximate surface area is 95.8 Å². The molecule has 0 fully saturated rings. The number of hydrogen-bond donors (Lipinski definition) is 1. The van der Waals surface area contributed by atoms with Crippen LogP contribution in [0.2, 0.25) is 0 Å². The first-order chi connectivity index (χ1) is 7.62. The van der Waals surface area contributed by atoms with E-state index in [1.165, 1.54) is 19.1 Å². The van der Waals surface area contributed by atoms with Crippen LogP contribution < -0.4 is 0 Å². The maximum atomic E-state index is 11.8. The Kier molecular flexibility index (Phi) is 3.68. The molecular formula is C9H9F3O4S. The van der Waals surface area contributed by atoms with Crippen LogP contribution in [0.15, 0.2) is 23.1 Å². The molecule has 1 aromatic carbocycles. The third-order valence-electron chi connectivity index (χ3n) is 1.82. The summed E-state index contributed by atoms with van der Waals surface area (Å²) in [6.45, 7) is -0.520. The van der Waals surface area contributed by atoms with Gasteiger partial charge in [-0.3, -0.25) is 4.18 Å². The Morgan fingerprint density at radius 3 is 2.47 bits per heavy atom. The van der Waals surface area contributed by atoms with Gasteiger partial charge in [0.25, 0.3) is 10.1 Å². The lowest BCUT2D eigenvalue weighted by atomic mass is 10.2. The van der Waals surface area contributed by atoms with Gasteiger partial charge in [-0.2, -0.15) is 21.6 Å². The fourth-order valence-electron chi connectivity index (χ4n) is 1.07. The number of halogens is 3. The van der Waals surface area contributed by atoms with Crippen molar-refractivity contribution in [3.63, 3.8) is 0 Å². The lowest BCUT2D eigenvalue weighted by molar-refractivity contribution is -0.152. The van der Waals surface area contributed by atoms with Crippen LogP contribution in [-0.4, -0.2) is 26.3 Å². The fourth-order valence-corrected chi connectivity index (χ4v) is 2.21. The van der Waals surface area contributed by atoms with Crippen LogP contribution in [0.3, 0.4) is 0 Å². The molecule has 0 aliphatic rings. The largest absolute Gasteiger partial charge is 0.508 e. The SMILES string of the molecule is Cc1ccc(O)cc1S(=O)(=O)OCC(F)(F)F. The standard InChI is InChI=1S/C9H9F3O4S/c1-6-2-3-7(13)4-8(6)17(14,15)16-5-9(10,11)12/h2-4,13H,5H2,1H3. The van der Waals surface area contributed by atoms with E-state index in [1.807, 2.05) is 0 Å². The van der Waals surface area contributed by atoms with Crippen molar-refractivity contribution in [1.82, 2.24) is 0 Å². The predicted octanol–water partition coefficient (Wildman–Crippen LogP) is 1.97. The number of rotatable bonds is 3. The first kappa shape index (κ1) is 13.8. The summed E-state index contributed by atoms with van der Waals surface area (Å²) in [5.74, 6) is -0.371. The van der Waals surface area contributed by atoms with Crippen molar-refractivity contribution < 1.29 is 30.9 Å². The van der Waals surface area contributed by atoms with E-state index in [2.05, 4.69) is 4.18 Å². The topological polar surface area (TPSA) is 63.6 Å². The molecule has 0 heterocycles. The summed E-state index contributed by atoms with van der Waals surface area (Å²) in [6.07, 6.45) is -4.74. The first-order valence-corrected chi connectivity index (χ1v) is 5.78. The first-order valence-electron chi connectivity index (χ1n) is 4.37. The molecule has 96 valence electrons. The second-order valence-corrected chi connectivity index (χ2v) is 4.87. The van der Waals surface area contributed by atoms with E-state index < -0.39 is 27.8 Å². The number of benzene rings is 1. The van der Waals surface area contributed by atoms with Crippen LogP contribution in [0.5, 0.6) is 5.75 Å². The zero-order valence-corrected chi connectivity index (χ0v) is 9.47. The quantitative estimate of drug-likeness (QED) is 0.853. The van der Waals surface area contributed by atoms with E-state index in [-0.39, 0.29) is 11.3 Å². The second kappa shape index (κ2) is 4.53. The maximum absolute atomic E-state index is 11.8. The van der Waals surface area contributed by atoms with Crippen molar-refractivity contribution in [2.24, 2.45) is 0 Å². The van der Waals surface area contributed by atoms with Gasteiger partial charge in [0.2, 0.25) is 0 Å². The molecule has 1 rings (SSSR count). The highest BCUT2D eigenvalue weighted by molar-refractivity contribution is 7.86. The Bertz CT molecular complexity index is 507. The molecule has 4 nitrogen and oxygen atoms in total. The molecule has 0 unspecified atom stereocenters. The maximum Gasteiger partial charge on any atom is 0.413 e. The summed E-state index contributed by atoms with van der Waals surface area (Å²) in [7, 11) is -4.53. The van der Waals surface area contributed by atoms with Crippen molar-refractivity contribution in [1.29, 1.82) is 0 Å². The van der Waals surface area contributed by atoms with E-state index in [4.69, 9.17) is 5.11 Å². The molecule has 0 amide bonds. The van der Waals surface area contributed by atoms with Crippen molar-refractivity contribution in [3.05, 3.63) is 23.8 Å². The monoisotopic (exact) mass is 270 g/mol. The van der Waals surface area contributed by atoms with Crippen LogP contribution in [-0.2, 0) is 14.3 Å². The lowest BCUT2D eigenvalue weighted by Gasteiger charge is -2.10. The minimum absolute atomic E-state index is 0.185. The number of alkyl halides is 3. The van der Waals surface area contributed by atoms with E-state index in [1.54, 1.807) is 0 Å². The molecule has 0 aromatic heterocycles. The van der Waals surface area contributed by atoms with Crippen molar-refractivity contribution in [2.45, 2.75) is 18.0 Å². The molecule has 1 aromatic rings. The van der Waals surface area contributed by atoms with Gasteiger partial charge in [0.05, 0.1) is 0 Å². The van der Waals surface area contributed by atoms with Gasteiger partial charge in [0.1, 0.15) is 10.6 Å². The molecule has 0 spiro atoms. The van der Waals surface area contributed by atoms with Gasteiger partial charge in [0, 0.05) is 6.07 Å². The van der Waals surface area contributed by atoms with E-state index in [0.717, 1.165) is 6.07 Å². The Morgan fingerprint density at radius 2 is 1.94 bits per heavy atom. The molecule has 0 aliphatic carbocycles. The molecule has 8 heteroatoms. The lowest BCUT2D eigenvalue weighted by Crippen LogP contribution is -2.21. The Hall–Kier alpha value is -1.28. The highest BCUT2D eigenvalue weighted by Crippen LogP contribution is 2.24. The van der Waals surface area contributed by atoms with Crippen LogP contribution in [0, 0.1) is 6.92 Å². The predicted molar refractivity (Wildman–Crippen MR) is 52.0 cm³/mol. The summed E-state index contributed by atoms with van der Waals surface area (Å²) in [4.78, 5) is -0.484. The summed E-state index contributed by atoms with van der Waals surface area (Å²) in [5.41, 5.74) is 0.185. The minimum Gasteiger partial charge on any atom is -0.508 e. The van der Waals surface area contributed by atoms with Gasteiger partial charge in [-0.05, 0) is 18.6 Å². The Balaban J connectivity index is 3.02. The number of aryl methyl sites for hydroxylation is 1. The number of aromatic hydroxyl groups is 1. The third-order valence-corrected chi connectivity index (χ3v) is 3.23. The average molecular weight is 270 g/mol. The second-order valence-electron chi connectivity index (χ2n) is 3.28. The zero-order chi connectivity index (χ0) is 13.3. The average Bonchev–Trinajstić information content (AvgIpc) is 2.18. The summed E-state index contributed by atoms with van der Waals surface area (Å²) in [6, 6.07) is 3.32. The smallest absolute Gasteiger partial charge is 0.413 e. The fraction of sp³-hybridized carbons (Fsp3) is 0.333. The Morgan fingerprint density at radius 1 is 1.35 bits per heavy atom. The van der Waals surface area contributed by atoms with Gasteiger partial charge in [-0.25, -0.2) is 0 Å². The van der Waals surface area contributed by atoms with Gasteiger partial charge >= 0.3 is 6.18 Å². The molecule has 0 saturated carbocycles. The van der Waals surface area contributed by atoms with Crippen molar-refractivity contribution in [2.75, 3.05) is 6.61 Å². The molecule has 0 aliphatic heterocycles. The minimum atomic E-state index is -4.74. The van der Waals surface area contributed by atoms with Gasteiger partial charge in [0.15, 0.2) is 6.61 Å². The van der Waals surface area contributed by atoms with E-state index in [0.29, 0.717) is 0 Å². The van der Waals surface area contributed by atoms with Crippen LogP contribution >= 0.6 is 0 Å². The summed E-state index contributed by atoms with van der Waals surface area (Å²) < 4.78 is 62.2. The van der Waals surface area contributed by atoms with Crippen molar-refractivity contribution >= 4 is 10.1 Å². The van der Waals surface area contributed by atoms with Gasteiger partial charge < -0.3 is 5.11 Å². The van der Waals surface area contributed by atoms with Gasteiger partial charge in [-0.15, -0.1) is 0 Å². The number of hydrogen-bond acceptors (Lipinski definition) is 4. The number of phenols is 1. The van der Waals surface area contributed by atoms with Gasteiger partial charge in [-0.1, -0.05) is 6.07 Å². The molecule has 0 saturated heterocycles. The molecule has 0 radical (unpaired) electrons. The molecule has 1 N–H and O–H groups in total. The summed E-state index contributed by atoms with van der Waals surface area (Å²) in [5, 5.41) is 9.09. The van der Waals surface area contributed by atoms with Crippen LogP contribution in [0.4, 0.5) is 13.2 Å². The molecule has 17 heavy (non-hydrogen) atoms. The highest BCUT2D eigenvalue weighted by atomic mass is 32.2. The molecular weight excluding hydrogens is 261 g/mol. The zero-order valence-electron chi connectivity index (χ0n) is 8.65. The summed E-state index contributed by atoms with van der Waals surface area (Å²) >= 11 is 0. The van der Waals surface area contributed by atoms with Crippen molar-refractivity contribution in [3.8, 4) is 5.75 Å². The third kappa shape index (κ3) is 3.90. The normalized spacial score (nSPS) is 12.7. The van der Waals surface area contributed by atoms with Crippen LogP contribution in [0.25, 0.3) is 0 Å². The molecule has 0 bridgehead atoms. The van der Waals surface area contributed by atoms with Crippen LogP contribution in [0.1, 0.15) is 5.56 Å². The van der Waals surface area contributed by atoms with E-state index >= 15 is 0 Å². The highest BCUT2D eigenvalue weighted by Gasteiger charge is 2.32. The number of phenolic OH excluding ortho intramolecular Hbond substituents is 1.